The Morgan fingerprint density at radius 2 is 1.05 bits per heavy atom. The second kappa shape index (κ2) is 8.32. The summed E-state index contributed by atoms with van der Waals surface area (Å²) >= 11 is 0. The summed E-state index contributed by atoms with van der Waals surface area (Å²) in [5, 5.41) is 0. The van der Waals surface area contributed by atoms with Gasteiger partial charge in [-0.05, 0) is 61.4 Å². The van der Waals surface area contributed by atoms with Gasteiger partial charge in [0, 0.05) is 18.4 Å². The van der Waals surface area contributed by atoms with Crippen molar-refractivity contribution >= 4 is 11.4 Å². The van der Waals surface area contributed by atoms with Crippen molar-refractivity contribution in [3.63, 3.8) is 0 Å². The van der Waals surface area contributed by atoms with Gasteiger partial charge in [-0.2, -0.15) is 0 Å². The second-order valence-corrected chi connectivity index (χ2v) is 5.24. The monoisotopic (exact) mass is 299 g/mol. The first-order chi connectivity index (χ1) is 10.7. The maximum atomic E-state index is 5.61. The van der Waals surface area contributed by atoms with E-state index in [0.29, 0.717) is 0 Å². The molecule has 0 fully saturated rings. The Labute approximate surface area is 133 Å². The van der Waals surface area contributed by atoms with Crippen LogP contribution < -0.4 is 14.4 Å². The van der Waals surface area contributed by atoms with Gasteiger partial charge in [0.2, 0.25) is 0 Å². The second-order valence-electron chi connectivity index (χ2n) is 5.24. The average Bonchev–Trinajstić information content (AvgIpc) is 2.58. The molecule has 0 atom stereocenters. The molecule has 22 heavy (non-hydrogen) atoms. The lowest BCUT2D eigenvalue weighted by molar-refractivity contribution is 0.317. The summed E-state index contributed by atoms with van der Waals surface area (Å²) in [6.45, 7) is 5.73. The van der Waals surface area contributed by atoms with Crippen LogP contribution in [0.15, 0.2) is 48.5 Å². The summed E-state index contributed by atoms with van der Waals surface area (Å²) in [4.78, 5) is 2.15. The lowest BCUT2D eigenvalue weighted by Crippen LogP contribution is -2.09. The van der Waals surface area contributed by atoms with E-state index in [4.69, 9.17) is 9.47 Å². The molecule has 3 nitrogen and oxygen atoms in total. The van der Waals surface area contributed by atoms with E-state index < -0.39 is 0 Å². The average molecular weight is 299 g/mol. The van der Waals surface area contributed by atoms with Gasteiger partial charge in [-0.25, -0.2) is 0 Å². The first-order valence-electron chi connectivity index (χ1n) is 7.94. The third-order valence-corrected chi connectivity index (χ3v) is 3.39. The smallest absolute Gasteiger partial charge is 0.119 e. The molecule has 0 aromatic heterocycles. The van der Waals surface area contributed by atoms with E-state index in [9.17, 15) is 0 Å². The van der Waals surface area contributed by atoms with Crippen LogP contribution in [0.25, 0.3) is 0 Å². The molecule has 118 valence electrons. The van der Waals surface area contributed by atoms with Crippen LogP contribution in [0.3, 0.4) is 0 Å². The van der Waals surface area contributed by atoms with Crippen molar-refractivity contribution in [2.45, 2.75) is 26.7 Å². The highest BCUT2D eigenvalue weighted by molar-refractivity contribution is 5.63. The minimum atomic E-state index is 0.758. The van der Waals surface area contributed by atoms with Gasteiger partial charge in [0.15, 0.2) is 0 Å². The van der Waals surface area contributed by atoms with E-state index in [-0.39, 0.29) is 0 Å². The van der Waals surface area contributed by atoms with E-state index in [0.717, 1.165) is 48.9 Å². The Kier molecular flexibility index (Phi) is 6.13. The fraction of sp³-hybridized carbons (Fsp3) is 0.368. The van der Waals surface area contributed by atoms with Gasteiger partial charge in [-0.15, -0.1) is 0 Å². The molecule has 0 N–H and O–H groups in total. The third-order valence-electron chi connectivity index (χ3n) is 3.39. The number of hydrogen-bond donors (Lipinski definition) is 0. The molecule has 0 saturated carbocycles. The molecule has 2 aromatic rings. The Hall–Kier alpha value is -2.16. The Balaban J connectivity index is 2.02. The van der Waals surface area contributed by atoms with E-state index >= 15 is 0 Å². The van der Waals surface area contributed by atoms with Crippen molar-refractivity contribution in [1.29, 1.82) is 0 Å². The molecule has 0 bridgehead atoms. The zero-order chi connectivity index (χ0) is 15.8. The summed E-state index contributed by atoms with van der Waals surface area (Å²) < 4.78 is 11.2. The highest BCUT2D eigenvalue weighted by atomic mass is 16.5. The van der Waals surface area contributed by atoms with Crippen LogP contribution in [-0.4, -0.2) is 20.3 Å². The molecular formula is C19H25NO2. The van der Waals surface area contributed by atoms with Gasteiger partial charge in [0.1, 0.15) is 11.5 Å². The molecule has 3 heteroatoms. The third kappa shape index (κ3) is 4.42. The van der Waals surface area contributed by atoms with Crippen LogP contribution in [0.5, 0.6) is 11.5 Å². The molecule has 0 spiro atoms. The minimum absolute atomic E-state index is 0.758. The quantitative estimate of drug-likeness (QED) is 0.682. The zero-order valence-corrected chi connectivity index (χ0v) is 13.7. The van der Waals surface area contributed by atoms with Gasteiger partial charge in [-0.1, -0.05) is 13.8 Å². The predicted octanol–water partition coefficient (Wildman–Crippen LogP) is 5.03. The van der Waals surface area contributed by atoms with E-state index in [1.54, 1.807) is 0 Å². The highest BCUT2D eigenvalue weighted by Crippen LogP contribution is 2.27. The van der Waals surface area contributed by atoms with Gasteiger partial charge in [0.25, 0.3) is 0 Å². The summed E-state index contributed by atoms with van der Waals surface area (Å²) in [7, 11) is 2.06. The predicted molar refractivity (Wildman–Crippen MR) is 92.5 cm³/mol. The summed E-state index contributed by atoms with van der Waals surface area (Å²) in [6.07, 6.45) is 2.04. The van der Waals surface area contributed by atoms with Crippen LogP contribution in [0.4, 0.5) is 11.4 Å². The Bertz CT molecular complexity index is 497. The van der Waals surface area contributed by atoms with Crippen LogP contribution in [0.2, 0.25) is 0 Å². The van der Waals surface area contributed by atoms with Gasteiger partial charge in [-0.3, -0.25) is 0 Å². The van der Waals surface area contributed by atoms with Crippen molar-refractivity contribution in [3.05, 3.63) is 48.5 Å². The first kappa shape index (κ1) is 16.2. The molecular weight excluding hydrogens is 274 g/mol. The van der Waals surface area contributed by atoms with E-state index in [1.807, 2.05) is 24.3 Å². The molecule has 0 heterocycles. The molecule has 2 aromatic carbocycles. The minimum Gasteiger partial charge on any atom is -0.494 e. The van der Waals surface area contributed by atoms with E-state index in [1.165, 1.54) is 0 Å². The maximum Gasteiger partial charge on any atom is 0.119 e. The SMILES string of the molecule is CCCOc1ccc(N(C)c2ccc(OCCC)cc2)cc1. The Morgan fingerprint density at radius 1 is 0.682 bits per heavy atom. The molecule has 2 rings (SSSR count). The zero-order valence-electron chi connectivity index (χ0n) is 13.7. The summed E-state index contributed by atoms with van der Waals surface area (Å²) in [5.74, 6) is 1.84. The molecule has 0 aliphatic rings. The molecule has 0 unspecified atom stereocenters. The number of ether oxygens (including phenoxy) is 2. The maximum absolute atomic E-state index is 5.61. The molecule has 0 aliphatic heterocycles. The number of benzene rings is 2. The Morgan fingerprint density at radius 3 is 1.36 bits per heavy atom. The number of hydrogen-bond acceptors (Lipinski definition) is 3. The van der Waals surface area contributed by atoms with Crippen LogP contribution in [0.1, 0.15) is 26.7 Å². The van der Waals surface area contributed by atoms with Crippen molar-refractivity contribution in [2.75, 3.05) is 25.2 Å². The van der Waals surface area contributed by atoms with Crippen LogP contribution in [-0.2, 0) is 0 Å². The van der Waals surface area contributed by atoms with Crippen molar-refractivity contribution in [1.82, 2.24) is 0 Å². The van der Waals surface area contributed by atoms with Gasteiger partial charge in [0.05, 0.1) is 13.2 Å². The van der Waals surface area contributed by atoms with Crippen molar-refractivity contribution < 1.29 is 9.47 Å². The molecule has 0 aliphatic carbocycles. The summed E-state index contributed by atoms with van der Waals surface area (Å²) in [5.41, 5.74) is 2.26. The van der Waals surface area contributed by atoms with Crippen molar-refractivity contribution in [3.8, 4) is 11.5 Å². The van der Waals surface area contributed by atoms with Crippen LogP contribution >= 0.6 is 0 Å². The number of anilines is 2. The number of nitrogens with zero attached hydrogens (tertiary/aromatic N) is 1. The summed E-state index contributed by atoms with van der Waals surface area (Å²) in [6, 6.07) is 16.4. The molecule has 0 radical (unpaired) electrons. The van der Waals surface area contributed by atoms with Crippen molar-refractivity contribution in [2.24, 2.45) is 0 Å². The van der Waals surface area contributed by atoms with Crippen LogP contribution in [0, 0.1) is 0 Å². The largest absolute Gasteiger partial charge is 0.494 e. The fourth-order valence-corrected chi connectivity index (χ4v) is 2.12. The standard InChI is InChI=1S/C19H25NO2/c1-4-14-21-18-10-6-16(7-11-18)20(3)17-8-12-19(13-9-17)22-15-5-2/h6-13H,4-5,14-15H2,1-3H3. The molecule has 0 amide bonds. The normalized spacial score (nSPS) is 10.3. The fourth-order valence-electron chi connectivity index (χ4n) is 2.12. The first-order valence-corrected chi connectivity index (χ1v) is 7.94. The number of rotatable bonds is 8. The molecule has 0 saturated heterocycles. The lowest BCUT2D eigenvalue weighted by atomic mass is 10.2. The van der Waals surface area contributed by atoms with E-state index in [2.05, 4.69) is 50.1 Å². The van der Waals surface area contributed by atoms with Gasteiger partial charge >= 0.3 is 0 Å². The highest BCUT2D eigenvalue weighted by Gasteiger charge is 2.05. The topological polar surface area (TPSA) is 21.7 Å². The lowest BCUT2D eigenvalue weighted by Gasteiger charge is -2.20. The van der Waals surface area contributed by atoms with Gasteiger partial charge < -0.3 is 14.4 Å².